The number of amides is 2. The number of aromatic nitrogens is 2. The van der Waals surface area contributed by atoms with Crippen LogP contribution in [0.5, 0.6) is 0 Å². The van der Waals surface area contributed by atoms with Gasteiger partial charge < -0.3 is 21.7 Å². The highest BCUT2D eigenvalue weighted by Gasteiger charge is 2.34. The van der Waals surface area contributed by atoms with Crippen molar-refractivity contribution >= 4 is 46.4 Å². The number of carbonyl (C=O) groups excluding carboxylic acids is 2. The molecule has 1 fully saturated rings. The summed E-state index contributed by atoms with van der Waals surface area (Å²) in [7, 11) is 0. The number of piperazine rings is 1. The van der Waals surface area contributed by atoms with Crippen LogP contribution in [-0.4, -0.2) is 47.0 Å². The highest BCUT2D eigenvalue weighted by Crippen LogP contribution is 2.31. The van der Waals surface area contributed by atoms with Crippen molar-refractivity contribution in [2.24, 2.45) is 5.73 Å². The highest BCUT2D eigenvalue weighted by molar-refractivity contribution is 6.31. The van der Waals surface area contributed by atoms with Crippen LogP contribution in [0.2, 0.25) is 5.02 Å². The topological polar surface area (TPSA) is 134 Å². The third-order valence-corrected chi connectivity index (χ3v) is 7.62. The second kappa shape index (κ2) is 12.8. The van der Waals surface area contributed by atoms with Crippen molar-refractivity contribution < 1.29 is 9.59 Å². The van der Waals surface area contributed by atoms with E-state index in [9.17, 15) is 14.4 Å². The van der Waals surface area contributed by atoms with Gasteiger partial charge in [-0.2, -0.15) is 0 Å². The standard InChI is InChI=1S/C29H31Cl2N7O3/c30-19-8-9-22(35-15-26(31)32)21(12-19)23-13-27(39)37(17-36-23)24-7-2-1-3-10-34-29(41)25-14-33-16-28(40)38(25)20-6-4-5-18(24)11-20/h4-6,8-9,11-13,15,17,24-25,33,35H,1-3,7,10,14,16,32H2,(H,34,41)/b26-15-. The zero-order valence-electron chi connectivity index (χ0n) is 22.3. The van der Waals surface area contributed by atoms with Gasteiger partial charge in [0.1, 0.15) is 11.2 Å². The molecule has 214 valence electrons. The van der Waals surface area contributed by atoms with E-state index in [-0.39, 0.29) is 35.1 Å². The number of halogens is 2. The fourth-order valence-corrected chi connectivity index (χ4v) is 5.54. The Balaban J connectivity index is 1.54. The Morgan fingerprint density at radius 2 is 1.93 bits per heavy atom. The van der Waals surface area contributed by atoms with Gasteiger partial charge in [0.2, 0.25) is 11.8 Å². The van der Waals surface area contributed by atoms with Crippen LogP contribution in [0.4, 0.5) is 11.4 Å². The number of fused-ring (bicyclic) bond motifs is 4. The average molecular weight is 597 g/mol. The SMILES string of the molecule is N/C(Cl)=C\Nc1ccc(Cl)cc1-c1cc(=O)n(C2CCCCCNC(=O)C3CNCC(=O)N3c3cccc2c3)cn1. The van der Waals surface area contributed by atoms with Crippen molar-refractivity contribution in [1.29, 1.82) is 0 Å². The summed E-state index contributed by atoms with van der Waals surface area (Å²) in [5.41, 5.74) is 8.50. The summed E-state index contributed by atoms with van der Waals surface area (Å²) in [6, 6.07) is 13.2. The lowest BCUT2D eigenvalue weighted by molar-refractivity contribution is -0.127. The third-order valence-electron chi connectivity index (χ3n) is 7.28. The Hall–Kier alpha value is -3.86. The fraction of sp³-hybridized carbons (Fsp3) is 0.310. The van der Waals surface area contributed by atoms with E-state index in [1.165, 1.54) is 12.3 Å². The van der Waals surface area contributed by atoms with Crippen molar-refractivity contribution in [3.8, 4) is 11.3 Å². The monoisotopic (exact) mass is 595 g/mol. The molecule has 0 radical (unpaired) electrons. The van der Waals surface area contributed by atoms with Crippen molar-refractivity contribution in [3.05, 3.63) is 87.2 Å². The van der Waals surface area contributed by atoms with Gasteiger partial charge in [0, 0.05) is 47.3 Å². The van der Waals surface area contributed by atoms with Crippen LogP contribution in [0, 0.1) is 0 Å². The Morgan fingerprint density at radius 3 is 2.73 bits per heavy atom. The van der Waals surface area contributed by atoms with E-state index in [2.05, 4.69) is 20.9 Å². The third kappa shape index (κ3) is 6.56. The lowest BCUT2D eigenvalue weighted by atomic mass is 9.98. The number of nitrogens with two attached hydrogens (primary N) is 1. The number of nitrogens with zero attached hydrogens (tertiary/aromatic N) is 3. The molecule has 1 aromatic heterocycles. The van der Waals surface area contributed by atoms with Crippen molar-refractivity contribution in [1.82, 2.24) is 20.2 Å². The first-order chi connectivity index (χ1) is 19.8. The van der Waals surface area contributed by atoms with Crippen LogP contribution < -0.4 is 32.1 Å². The predicted molar refractivity (Wildman–Crippen MR) is 161 cm³/mol. The number of hydrogen-bond acceptors (Lipinski definition) is 7. The van der Waals surface area contributed by atoms with Gasteiger partial charge in [-0.25, -0.2) is 4.98 Å². The van der Waals surface area contributed by atoms with E-state index in [0.29, 0.717) is 47.2 Å². The molecule has 1 saturated heterocycles. The van der Waals surface area contributed by atoms with E-state index < -0.39 is 6.04 Å². The quantitative estimate of drug-likeness (QED) is 0.339. The Bertz CT molecular complexity index is 1540. The number of rotatable bonds is 4. The van der Waals surface area contributed by atoms with Gasteiger partial charge in [-0.05, 0) is 48.7 Å². The van der Waals surface area contributed by atoms with Gasteiger partial charge in [-0.1, -0.05) is 48.2 Å². The zero-order chi connectivity index (χ0) is 28.9. The molecule has 5 rings (SSSR count). The smallest absolute Gasteiger partial charge is 0.254 e. The van der Waals surface area contributed by atoms with Gasteiger partial charge in [-0.3, -0.25) is 23.9 Å². The number of hydrogen-bond donors (Lipinski definition) is 4. The molecule has 2 unspecified atom stereocenters. The van der Waals surface area contributed by atoms with Crippen LogP contribution in [0.1, 0.15) is 37.3 Å². The highest BCUT2D eigenvalue weighted by atomic mass is 35.5. The second-order valence-electron chi connectivity index (χ2n) is 10.0. The minimum Gasteiger partial charge on any atom is -0.388 e. The molecule has 2 bridgehead atoms. The van der Waals surface area contributed by atoms with Crippen LogP contribution in [-0.2, 0) is 9.59 Å². The molecule has 10 nitrogen and oxygen atoms in total. The summed E-state index contributed by atoms with van der Waals surface area (Å²) in [6.07, 6.45) is 6.17. The molecule has 3 aromatic rings. The van der Waals surface area contributed by atoms with Crippen LogP contribution >= 0.6 is 23.2 Å². The second-order valence-corrected chi connectivity index (χ2v) is 10.9. The van der Waals surface area contributed by atoms with E-state index in [4.69, 9.17) is 28.9 Å². The molecule has 2 amide bonds. The molecule has 5 N–H and O–H groups in total. The molecule has 0 aliphatic carbocycles. The summed E-state index contributed by atoms with van der Waals surface area (Å²) >= 11 is 12.0. The number of anilines is 2. The molecule has 2 aliphatic rings. The van der Waals surface area contributed by atoms with E-state index >= 15 is 0 Å². The van der Waals surface area contributed by atoms with E-state index in [1.807, 2.05) is 24.3 Å². The van der Waals surface area contributed by atoms with Crippen molar-refractivity contribution in [2.75, 3.05) is 29.9 Å². The Morgan fingerprint density at radius 1 is 1.07 bits per heavy atom. The Kier molecular flexibility index (Phi) is 8.92. The molecular formula is C29H31Cl2N7O3. The molecule has 3 heterocycles. The van der Waals surface area contributed by atoms with E-state index in [0.717, 1.165) is 24.8 Å². The number of benzene rings is 2. The Labute approximate surface area is 247 Å². The van der Waals surface area contributed by atoms with Gasteiger partial charge in [-0.15, -0.1) is 0 Å². The first-order valence-electron chi connectivity index (χ1n) is 13.5. The lowest BCUT2D eigenvalue weighted by Gasteiger charge is -2.35. The number of nitrogens with one attached hydrogen (secondary N) is 3. The molecule has 2 aliphatic heterocycles. The van der Waals surface area contributed by atoms with Crippen molar-refractivity contribution in [2.45, 2.75) is 37.8 Å². The maximum Gasteiger partial charge on any atom is 0.254 e. The summed E-state index contributed by atoms with van der Waals surface area (Å²) in [4.78, 5) is 45.7. The van der Waals surface area contributed by atoms with Crippen LogP contribution in [0.25, 0.3) is 11.3 Å². The zero-order valence-corrected chi connectivity index (χ0v) is 23.8. The van der Waals surface area contributed by atoms with Crippen LogP contribution in [0.3, 0.4) is 0 Å². The predicted octanol–water partition coefficient (Wildman–Crippen LogP) is 3.56. The first-order valence-corrected chi connectivity index (χ1v) is 14.2. The maximum atomic E-state index is 13.6. The average Bonchev–Trinajstić information content (AvgIpc) is 2.96. The summed E-state index contributed by atoms with van der Waals surface area (Å²) in [5, 5.41) is 9.60. The molecule has 0 spiro atoms. The van der Waals surface area contributed by atoms with Crippen LogP contribution in [0.15, 0.2) is 71.0 Å². The maximum absolute atomic E-state index is 13.6. The molecule has 2 atom stereocenters. The minimum absolute atomic E-state index is 0.0729. The molecule has 2 aromatic carbocycles. The summed E-state index contributed by atoms with van der Waals surface area (Å²) < 4.78 is 1.62. The molecular weight excluding hydrogens is 565 g/mol. The van der Waals surface area contributed by atoms with Gasteiger partial charge in [0.15, 0.2) is 0 Å². The van der Waals surface area contributed by atoms with Crippen molar-refractivity contribution in [3.63, 3.8) is 0 Å². The van der Waals surface area contributed by atoms with Gasteiger partial charge in [0.05, 0.1) is 24.6 Å². The largest absolute Gasteiger partial charge is 0.388 e. The first kappa shape index (κ1) is 28.7. The summed E-state index contributed by atoms with van der Waals surface area (Å²) in [6.45, 7) is 1.04. The van der Waals surface area contributed by atoms with Gasteiger partial charge >= 0.3 is 0 Å². The minimum atomic E-state index is -0.654. The summed E-state index contributed by atoms with van der Waals surface area (Å²) in [5.74, 6) is -0.360. The molecule has 41 heavy (non-hydrogen) atoms. The normalized spacial score (nSPS) is 20.2. The number of carbonyl (C=O) groups is 2. The molecule has 0 saturated carbocycles. The van der Waals surface area contributed by atoms with E-state index in [1.54, 1.807) is 34.0 Å². The molecule has 12 heteroatoms. The lowest BCUT2D eigenvalue weighted by Crippen LogP contribution is -2.61. The fourth-order valence-electron chi connectivity index (χ4n) is 5.31. The van der Waals surface area contributed by atoms with Gasteiger partial charge in [0.25, 0.3) is 5.56 Å².